The first kappa shape index (κ1) is 30.6. The topological polar surface area (TPSA) is 111 Å². The predicted octanol–water partition coefficient (Wildman–Crippen LogP) is 4.49. The average Bonchev–Trinajstić information content (AvgIpc) is 3.02. The molecule has 0 saturated heterocycles. The molecule has 0 heterocycles. The smallest absolute Gasteiger partial charge is 0.243 e. The van der Waals surface area contributed by atoms with Crippen molar-refractivity contribution in [2.24, 2.45) is 17.6 Å². The number of amides is 1. The van der Waals surface area contributed by atoms with E-state index < -0.39 is 10.0 Å². The Hall–Kier alpha value is -3.40. The number of nitrogens with zero attached hydrogens (tertiary/aromatic N) is 1. The molecular weight excluding hydrogens is 538 g/mol. The molecule has 9 heteroatoms. The minimum atomic E-state index is -3.97. The quantitative estimate of drug-likeness (QED) is 0.309. The summed E-state index contributed by atoms with van der Waals surface area (Å²) in [5.74, 6) is 1.93. The van der Waals surface area contributed by atoms with Gasteiger partial charge < -0.3 is 20.5 Å². The third kappa shape index (κ3) is 7.87. The van der Waals surface area contributed by atoms with Gasteiger partial charge in [0.2, 0.25) is 15.9 Å². The van der Waals surface area contributed by atoms with Crippen LogP contribution in [0.4, 0.5) is 0 Å². The number of rotatable bonds is 13. The van der Waals surface area contributed by atoms with Gasteiger partial charge in [-0.05, 0) is 79.5 Å². The molecule has 220 valence electrons. The van der Waals surface area contributed by atoms with Crippen LogP contribution in [0.25, 0.3) is 11.1 Å². The Morgan fingerprint density at radius 3 is 2.29 bits per heavy atom. The lowest BCUT2D eigenvalue weighted by Crippen LogP contribution is -2.43. The van der Waals surface area contributed by atoms with Crippen LogP contribution in [0.1, 0.15) is 31.2 Å². The van der Waals surface area contributed by atoms with Crippen molar-refractivity contribution in [2.45, 2.75) is 37.0 Å². The van der Waals surface area contributed by atoms with E-state index in [1.807, 2.05) is 48.5 Å². The minimum absolute atomic E-state index is 0.127. The van der Waals surface area contributed by atoms with Crippen molar-refractivity contribution in [3.05, 3.63) is 78.4 Å². The van der Waals surface area contributed by atoms with Crippen LogP contribution in [0.3, 0.4) is 0 Å². The maximum atomic E-state index is 13.9. The number of hydrogen-bond acceptors (Lipinski definition) is 6. The van der Waals surface area contributed by atoms with Gasteiger partial charge in [-0.2, -0.15) is 4.31 Å². The van der Waals surface area contributed by atoms with Crippen molar-refractivity contribution in [3.8, 4) is 22.6 Å². The Kier molecular flexibility index (Phi) is 10.8. The summed E-state index contributed by atoms with van der Waals surface area (Å²) in [6.45, 7) is 1.06. The molecule has 1 fully saturated rings. The van der Waals surface area contributed by atoms with Crippen LogP contribution in [0.5, 0.6) is 11.5 Å². The molecule has 1 aliphatic rings. The molecule has 3 N–H and O–H groups in total. The number of nitrogens with one attached hydrogen (secondary N) is 1. The Morgan fingerprint density at radius 1 is 0.927 bits per heavy atom. The lowest BCUT2D eigenvalue weighted by Gasteiger charge is -2.29. The highest BCUT2D eigenvalue weighted by Gasteiger charge is 2.28. The van der Waals surface area contributed by atoms with Crippen molar-refractivity contribution >= 4 is 15.9 Å². The molecule has 0 radical (unpaired) electrons. The number of sulfonamides is 1. The number of carbonyl (C=O) groups excluding carboxylic acids is 1. The van der Waals surface area contributed by atoms with Crippen LogP contribution in [0, 0.1) is 11.8 Å². The standard InChI is InChI=1S/C32H41N3O5S/c1-39-30-12-5-3-10-27(30)18-19-35(23-32(36)34-22-25-9-7-8-24(20-25)21-33)41(37,38)28-16-14-26(15-17-28)29-11-4-6-13-31(29)40-2/h3-6,10-17,24-25H,7-9,18-23,33H2,1-2H3,(H,34,36). The highest BCUT2D eigenvalue weighted by atomic mass is 32.2. The largest absolute Gasteiger partial charge is 0.496 e. The van der Waals surface area contributed by atoms with Crippen molar-refractivity contribution in [1.29, 1.82) is 0 Å². The Bertz CT molecular complexity index is 1390. The highest BCUT2D eigenvalue weighted by molar-refractivity contribution is 7.89. The third-order valence-corrected chi connectivity index (χ3v) is 9.73. The molecule has 3 aromatic carbocycles. The summed E-state index contributed by atoms with van der Waals surface area (Å²) >= 11 is 0. The molecule has 3 aromatic rings. The fraction of sp³-hybridized carbons (Fsp3) is 0.406. The highest BCUT2D eigenvalue weighted by Crippen LogP contribution is 2.31. The lowest BCUT2D eigenvalue weighted by atomic mass is 9.81. The second-order valence-electron chi connectivity index (χ2n) is 10.6. The molecule has 1 saturated carbocycles. The van der Waals surface area contributed by atoms with Gasteiger partial charge in [-0.3, -0.25) is 4.79 Å². The van der Waals surface area contributed by atoms with E-state index in [4.69, 9.17) is 15.2 Å². The first-order chi connectivity index (χ1) is 19.8. The zero-order valence-electron chi connectivity index (χ0n) is 23.9. The summed E-state index contributed by atoms with van der Waals surface area (Å²) < 4.78 is 39.9. The molecule has 0 aliphatic heterocycles. The maximum Gasteiger partial charge on any atom is 0.243 e. The van der Waals surface area contributed by atoms with E-state index in [-0.39, 0.29) is 23.9 Å². The first-order valence-electron chi connectivity index (χ1n) is 14.2. The van der Waals surface area contributed by atoms with Crippen LogP contribution in [-0.2, 0) is 21.2 Å². The summed E-state index contributed by atoms with van der Waals surface area (Å²) in [5.41, 5.74) is 8.45. The number of hydrogen-bond donors (Lipinski definition) is 2. The van der Waals surface area contributed by atoms with Crippen molar-refractivity contribution < 1.29 is 22.7 Å². The monoisotopic (exact) mass is 579 g/mol. The number of carbonyl (C=O) groups is 1. The summed E-state index contributed by atoms with van der Waals surface area (Å²) in [6.07, 6.45) is 4.67. The fourth-order valence-corrected chi connectivity index (χ4v) is 6.95. The van der Waals surface area contributed by atoms with Crippen LogP contribution < -0.4 is 20.5 Å². The van der Waals surface area contributed by atoms with Crippen LogP contribution in [-0.4, -0.2) is 59.0 Å². The molecule has 8 nitrogen and oxygen atoms in total. The maximum absolute atomic E-state index is 13.9. The lowest BCUT2D eigenvalue weighted by molar-refractivity contribution is -0.121. The number of nitrogens with two attached hydrogens (primary N) is 1. The van der Waals surface area contributed by atoms with E-state index in [0.29, 0.717) is 42.8 Å². The molecule has 41 heavy (non-hydrogen) atoms. The van der Waals surface area contributed by atoms with Crippen molar-refractivity contribution in [2.75, 3.05) is 40.4 Å². The van der Waals surface area contributed by atoms with Gasteiger partial charge in [-0.25, -0.2) is 8.42 Å². The Morgan fingerprint density at radius 2 is 1.59 bits per heavy atom. The van der Waals surface area contributed by atoms with Crippen molar-refractivity contribution in [3.63, 3.8) is 0 Å². The van der Waals surface area contributed by atoms with Crippen LogP contribution >= 0.6 is 0 Å². The van der Waals surface area contributed by atoms with E-state index in [0.717, 1.165) is 42.4 Å². The molecule has 0 bridgehead atoms. The van der Waals surface area contributed by atoms with Crippen LogP contribution in [0.15, 0.2) is 77.7 Å². The van der Waals surface area contributed by atoms with Gasteiger partial charge in [0.1, 0.15) is 11.5 Å². The third-order valence-electron chi connectivity index (χ3n) is 7.87. The molecule has 0 spiro atoms. The van der Waals surface area contributed by atoms with E-state index in [1.165, 1.54) is 4.31 Å². The van der Waals surface area contributed by atoms with Crippen LogP contribution in [0.2, 0.25) is 0 Å². The van der Waals surface area contributed by atoms with E-state index in [2.05, 4.69) is 5.32 Å². The predicted molar refractivity (Wildman–Crippen MR) is 161 cm³/mol. The van der Waals surface area contributed by atoms with Gasteiger partial charge in [-0.1, -0.05) is 55.0 Å². The van der Waals surface area contributed by atoms with Gasteiger partial charge in [0.15, 0.2) is 0 Å². The number of benzene rings is 3. The number of ether oxygens (including phenoxy) is 2. The molecular formula is C32H41N3O5S. The number of para-hydroxylation sites is 2. The second-order valence-corrected chi connectivity index (χ2v) is 12.5. The molecule has 0 aromatic heterocycles. The van der Waals surface area contributed by atoms with Gasteiger partial charge in [-0.15, -0.1) is 0 Å². The minimum Gasteiger partial charge on any atom is -0.496 e. The van der Waals surface area contributed by atoms with Gasteiger partial charge >= 0.3 is 0 Å². The van der Waals surface area contributed by atoms with Crippen molar-refractivity contribution in [1.82, 2.24) is 9.62 Å². The van der Waals surface area contributed by atoms with E-state index >= 15 is 0 Å². The second kappa shape index (κ2) is 14.5. The Balaban J connectivity index is 1.52. The summed E-state index contributed by atoms with van der Waals surface area (Å²) in [7, 11) is -0.780. The van der Waals surface area contributed by atoms with Gasteiger partial charge in [0, 0.05) is 18.7 Å². The van der Waals surface area contributed by atoms with E-state index in [1.54, 1.807) is 38.5 Å². The Labute approximate surface area is 243 Å². The molecule has 2 atom stereocenters. The molecule has 2 unspecified atom stereocenters. The molecule has 1 amide bonds. The molecule has 4 rings (SSSR count). The SMILES string of the molecule is COc1ccccc1CCN(CC(=O)NCC1CCCC(CN)C1)S(=O)(=O)c1ccc(-c2ccccc2OC)cc1. The van der Waals surface area contributed by atoms with Gasteiger partial charge in [0.25, 0.3) is 0 Å². The number of methoxy groups -OCH3 is 2. The summed E-state index contributed by atoms with van der Waals surface area (Å²) in [5, 5.41) is 2.99. The average molecular weight is 580 g/mol. The fourth-order valence-electron chi connectivity index (χ4n) is 5.55. The summed E-state index contributed by atoms with van der Waals surface area (Å²) in [6, 6.07) is 21.8. The normalized spacial score (nSPS) is 17.3. The zero-order chi connectivity index (χ0) is 29.2. The zero-order valence-corrected chi connectivity index (χ0v) is 24.7. The molecule has 1 aliphatic carbocycles. The summed E-state index contributed by atoms with van der Waals surface area (Å²) in [4.78, 5) is 13.2. The first-order valence-corrected chi connectivity index (χ1v) is 15.6. The van der Waals surface area contributed by atoms with E-state index in [9.17, 15) is 13.2 Å². The van der Waals surface area contributed by atoms with Gasteiger partial charge in [0.05, 0.1) is 25.7 Å².